The van der Waals surface area contributed by atoms with E-state index in [1.54, 1.807) is 4.90 Å². The number of nitrogens with one attached hydrogen (secondary N) is 1. The van der Waals surface area contributed by atoms with Crippen LogP contribution in [0.15, 0.2) is 42.5 Å². The lowest BCUT2D eigenvalue weighted by atomic mass is 10.1. The number of amides is 2. The fourth-order valence-corrected chi connectivity index (χ4v) is 4.11. The van der Waals surface area contributed by atoms with Gasteiger partial charge in [0.15, 0.2) is 5.75 Å². The zero-order chi connectivity index (χ0) is 22.0. The number of hydrogen-bond donors (Lipinski definition) is 2. The van der Waals surface area contributed by atoms with Gasteiger partial charge in [-0.05, 0) is 49.2 Å². The van der Waals surface area contributed by atoms with Gasteiger partial charge in [0.1, 0.15) is 5.56 Å². The molecule has 2 aliphatic rings. The van der Waals surface area contributed by atoms with Crippen molar-refractivity contribution in [1.29, 1.82) is 0 Å². The van der Waals surface area contributed by atoms with Gasteiger partial charge in [0, 0.05) is 37.4 Å². The van der Waals surface area contributed by atoms with E-state index in [4.69, 9.17) is 0 Å². The molecule has 2 saturated heterocycles. The van der Waals surface area contributed by atoms with E-state index in [-0.39, 0.29) is 41.8 Å². The lowest BCUT2D eigenvalue weighted by Gasteiger charge is -2.21. The molecule has 8 heteroatoms. The lowest BCUT2D eigenvalue weighted by molar-refractivity contribution is -0.122. The van der Waals surface area contributed by atoms with Crippen LogP contribution in [0.3, 0.4) is 0 Å². The van der Waals surface area contributed by atoms with Gasteiger partial charge >= 0.3 is 5.97 Å². The highest BCUT2D eigenvalue weighted by atomic mass is 16.5. The number of anilines is 3. The minimum absolute atomic E-state index is 0.0393. The van der Waals surface area contributed by atoms with Crippen LogP contribution in [-0.2, 0) is 14.3 Å². The van der Waals surface area contributed by atoms with Gasteiger partial charge in [-0.15, -0.1) is 0 Å². The van der Waals surface area contributed by atoms with E-state index in [1.165, 1.54) is 38.2 Å². The Morgan fingerprint density at radius 2 is 1.74 bits per heavy atom. The molecule has 2 amide bonds. The van der Waals surface area contributed by atoms with E-state index in [9.17, 15) is 19.5 Å². The Balaban J connectivity index is 1.43. The van der Waals surface area contributed by atoms with Crippen molar-refractivity contribution in [1.82, 2.24) is 0 Å². The molecule has 0 spiro atoms. The van der Waals surface area contributed by atoms with Gasteiger partial charge in [-0.3, -0.25) is 9.59 Å². The summed E-state index contributed by atoms with van der Waals surface area (Å²) < 4.78 is 4.63. The molecule has 162 valence electrons. The van der Waals surface area contributed by atoms with Crippen LogP contribution in [0, 0.1) is 5.92 Å². The molecule has 2 aromatic carbocycles. The third-order valence-electron chi connectivity index (χ3n) is 5.83. The largest absolute Gasteiger partial charge is 0.505 e. The summed E-state index contributed by atoms with van der Waals surface area (Å²) in [6.07, 6.45) is 2.47. The minimum atomic E-state index is -0.701. The number of carbonyl (C=O) groups is 3. The van der Waals surface area contributed by atoms with Crippen molar-refractivity contribution in [2.75, 3.05) is 41.9 Å². The van der Waals surface area contributed by atoms with Crippen LogP contribution in [0.4, 0.5) is 17.1 Å². The molecule has 2 N–H and O–H groups in total. The minimum Gasteiger partial charge on any atom is -0.505 e. The second kappa shape index (κ2) is 8.67. The van der Waals surface area contributed by atoms with Gasteiger partial charge in [-0.2, -0.15) is 0 Å². The average Bonchev–Trinajstić information content (AvgIpc) is 3.45. The molecule has 2 fully saturated rings. The molecule has 31 heavy (non-hydrogen) atoms. The number of ether oxygens (including phenoxy) is 1. The standard InChI is InChI=1S/C23H25N3O5/c1-31-23(30)18-5-4-6-19(21(18)28)24-22(29)15-13-20(27)26(14-15)17-9-7-16(8-10-17)25-11-2-3-12-25/h4-10,15,28H,2-3,11-14H2,1H3,(H,24,29). The molecule has 8 nitrogen and oxygen atoms in total. The van der Waals surface area contributed by atoms with Crippen molar-refractivity contribution in [2.45, 2.75) is 19.3 Å². The number of para-hydroxylation sites is 1. The van der Waals surface area contributed by atoms with E-state index in [2.05, 4.69) is 15.0 Å². The number of hydrogen-bond acceptors (Lipinski definition) is 6. The predicted molar refractivity (Wildman–Crippen MR) is 116 cm³/mol. The zero-order valence-electron chi connectivity index (χ0n) is 17.3. The Morgan fingerprint density at radius 3 is 2.42 bits per heavy atom. The SMILES string of the molecule is COC(=O)c1cccc(NC(=O)C2CC(=O)N(c3ccc(N4CCCC4)cc3)C2)c1O. The molecular weight excluding hydrogens is 398 g/mol. The van der Waals surface area contributed by atoms with E-state index in [0.717, 1.165) is 24.5 Å². The Labute approximate surface area is 180 Å². The van der Waals surface area contributed by atoms with Gasteiger partial charge in [-0.1, -0.05) is 6.07 Å². The maximum atomic E-state index is 12.7. The summed E-state index contributed by atoms with van der Waals surface area (Å²) in [6, 6.07) is 12.3. The van der Waals surface area contributed by atoms with Crippen molar-refractivity contribution in [3.63, 3.8) is 0 Å². The van der Waals surface area contributed by atoms with E-state index < -0.39 is 11.9 Å². The highest BCUT2D eigenvalue weighted by Crippen LogP contribution is 2.31. The first kappa shape index (κ1) is 20.7. The summed E-state index contributed by atoms with van der Waals surface area (Å²) >= 11 is 0. The number of rotatable bonds is 5. The third-order valence-corrected chi connectivity index (χ3v) is 5.83. The fraction of sp³-hybridized carbons (Fsp3) is 0.348. The maximum Gasteiger partial charge on any atom is 0.341 e. The number of aromatic hydroxyl groups is 1. The van der Waals surface area contributed by atoms with E-state index >= 15 is 0 Å². The molecule has 0 saturated carbocycles. The molecule has 2 aliphatic heterocycles. The summed E-state index contributed by atoms with van der Waals surface area (Å²) in [4.78, 5) is 41.0. The Kier molecular flexibility index (Phi) is 5.79. The van der Waals surface area contributed by atoms with E-state index in [0.29, 0.717) is 0 Å². The lowest BCUT2D eigenvalue weighted by Crippen LogP contribution is -2.28. The Morgan fingerprint density at radius 1 is 1.06 bits per heavy atom. The molecule has 2 heterocycles. The number of esters is 1. The van der Waals surface area contributed by atoms with Crippen molar-refractivity contribution < 1.29 is 24.2 Å². The highest BCUT2D eigenvalue weighted by Gasteiger charge is 2.35. The topological polar surface area (TPSA) is 99.2 Å². The number of phenols is 1. The van der Waals surface area contributed by atoms with Gasteiger partial charge in [0.05, 0.1) is 18.7 Å². The van der Waals surface area contributed by atoms with Crippen LogP contribution in [0.25, 0.3) is 0 Å². The molecule has 0 bridgehead atoms. The number of methoxy groups -OCH3 is 1. The average molecular weight is 423 g/mol. The second-order valence-corrected chi connectivity index (χ2v) is 7.80. The monoisotopic (exact) mass is 423 g/mol. The van der Waals surface area contributed by atoms with Gasteiger partial charge in [-0.25, -0.2) is 4.79 Å². The van der Waals surface area contributed by atoms with Crippen LogP contribution in [0.1, 0.15) is 29.6 Å². The summed E-state index contributed by atoms with van der Waals surface area (Å²) in [5.41, 5.74) is 1.97. The molecule has 2 aromatic rings. The maximum absolute atomic E-state index is 12.7. The molecule has 0 aromatic heterocycles. The molecule has 0 aliphatic carbocycles. The Bertz CT molecular complexity index is 999. The summed E-state index contributed by atoms with van der Waals surface area (Å²) in [7, 11) is 1.21. The van der Waals surface area contributed by atoms with Crippen LogP contribution >= 0.6 is 0 Å². The normalized spacial score (nSPS) is 18.4. The number of carbonyl (C=O) groups excluding carboxylic acids is 3. The zero-order valence-corrected chi connectivity index (χ0v) is 17.3. The van der Waals surface area contributed by atoms with Crippen molar-refractivity contribution in [3.8, 4) is 5.75 Å². The number of benzene rings is 2. The van der Waals surface area contributed by atoms with Crippen molar-refractivity contribution in [2.24, 2.45) is 5.92 Å². The Hall–Kier alpha value is -3.55. The number of phenolic OH excluding ortho intramolecular Hbond substituents is 1. The van der Waals surface area contributed by atoms with Crippen LogP contribution in [-0.4, -0.2) is 49.6 Å². The quantitative estimate of drug-likeness (QED) is 0.567. The summed E-state index contributed by atoms with van der Waals surface area (Å²) in [5.74, 6) is -2.13. The molecule has 1 atom stereocenters. The summed E-state index contributed by atoms with van der Waals surface area (Å²) in [6.45, 7) is 2.35. The van der Waals surface area contributed by atoms with Crippen LogP contribution in [0.2, 0.25) is 0 Å². The van der Waals surface area contributed by atoms with Gasteiger partial charge in [0.2, 0.25) is 11.8 Å². The van der Waals surface area contributed by atoms with Gasteiger partial charge in [0.25, 0.3) is 0 Å². The van der Waals surface area contributed by atoms with Crippen molar-refractivity contribution >= 4 is 34.8 Å². The highest BCUT2D eigenvalue weighted by molar-refractivity contribution is 6.05. The molecule has 0 radical (unpaired) electrons. The first-order valence-corrected chi connectivity index (χ1v) is 10.3. The summed E-state index contributed by atoms with van der Waals surface area (Å²) in [5, 5.41) is 12.9. The van der Waals surface area contributed by atoms with Gasteiger partial charge < -0.3 is 25.0 Å². The van der Waals surface area contributed by atoms with Crippen LogP contribution in [0.5, 0.6) is 5.75 Å². The third kappa shape index (κ3) is 4.19. The predicted octanol–water partition coefficient (Wildman–Crippen LogP) is 2.77. The smallest absolute Gasteiger partial charge is 0.341 e. The first-order chi connectivity index (χ1) is 15.0. The first-order valence-electron chi connectivity index (χ1n) is 10.3. The molecule has 1 unspecified atom stereocenters. The van der Waals surface area contributed by atoms with Crippen LogP contribution < -0.4 is 15.1 Å². The number of nitrogens with zero attached hydrogens (tertiary/aromatic N) is 2. The molecular formula is C23H25N3O5. The van der Waals surface area contributed by atoms with E-state index in [1.807, 2.05) is 24.3 Å². The molecule has 4 rings (SSSR count). The van der Waals surface area contributed by atoms with Crippen molar-refractivity contribution in [3.05, 3.63) is 48.0 Å². The second-order valence-electron chi connectivity index (χ2n) is 7.80. The fourth-order valence-electron chi connectivity index (χ4n) is 4.11.